The zero-order chi connectivity index (χ0) is 12.9. The van der Waals surface area contributed by atoms with Crippen molar-refractivity contribution in [3.8, 4) is 0 Å². The summed E-state index contributed by atoms with van der Waals surface area (Å²) in [7, 11) is 0. The molecule has 0 radical (unpaired) electrons. The van der Waals surface area contributed by atoms with Crippen LogP contribution in [0.1, 0.15) is 46.5 Å². The second kappa shape index (κ2) is 6.36. The summed E-state index contributed by atoms with van der Waals surface area (Å²) in [4.78, 5) is 13.8. The summed E-state index contributed by atoms with van der Waals surface area (Å²) in [6.07, 6.45) is 3.54. The molecule has 1 N–H and O–H groups in total. The minimum atomic E-state index is -0.576. The lowest BCUT2D eigenvalue weighted by molar-refractivity contribution is -0.164. The predicted molar refractivity (Wildman–Crippen MR) is 66.8 cm³/mol. The van der Waals surface area contributed by atoms with Crippen LogP contribution >= 0.6 is 0 Å². The zero-order valence-corrected chi connectivity index (χ0v) is 11.2. The zero-order valence-electron chi connectivity index (χ0n) is 11.2. The van der Waals surface area contributed by atoms with Crippen LogP contribution in [0.5, 0.6) is 0 Å². The Balaban J connectivity index is 2.48. The highest BCUT2D eigenvalue weighted by Crippen LogP contribution is 2.29. The van der Waals surface area contributed by atoms with Gasteiger partial charge in [0.1, 0.15) is 6.04 Å². The van der Waals surface area contributed by atoms with E-state index in [0.29, 0.717) is 19.7 Å². The molecule has 0 aromatic carbocycles. The summed E-state index contributed by atoms with van der Waals surface area (Å²) >= 11 is 0. The van der Waals surface area contributed by atoms with E-state index in [1.807, 2.05) is 11.8 Å². The summed E-state index contributed by atoms with van der Waals surface area (Å²) in [5.74, 6) is -0.145. The highest BCUT2D eigenvalue weighted by Gasteiger charge is 2.45. The average Bonchev–Trinajstić information content (AvgIpc) is 2.23. The highest BCUT2D eigenvalue weighted by molar-refractivity contribution is 5.76. The van der Waals surface area contributed by atoms with Gasteiger partial charge in [-0.2, -0.15) is 0 Å². The molecule has 1 saturated heterocycles. The van der Waals surface area contributed by atoms with Crippen LogP contribution in [-0.4, -0.2) is 47.3 Å². The van der Waals surface area contributed by atoms with Crippen LogP contribution < -0.4 is 0 Å². The van der Waals surface area contributed by atoms with E-state index < -0.39 is 5.60 Å². The van der Waals surface area contributed by atoms with Gasteiger partial charge in [-0.3, -0.25) is 9.69 Å². The molecule has 1 atom stereocenters. The van der Waals surface area contributed by atoms with Crippen molar-refractivity contribution >= 4 is 5.97 Å². The first-order chi connectivity index (χ1) is 8.06. The van der Waals surface area contributed by atoms with Crippen molar-refractivity contribution < 1.29 is 14.6 Å². The van der Waals surface area contributed by atoms with E-state index in [9.17, 15) is 9.90 Å². The molecular formula is C13H25NO3. The summed E-state index contributed by atoms with van der Waals surface area (Å²) < 4.78 is 5.08. The van der Waals surface area contributed by atoms with E-state index in [4.69, 9.17) is 4.74 Å². The Hall–Kier alpha value is -0.610. The molecule has 100 valence electrons. The van der Waals surface area contributed by atoms with Crippen molar-refractivity contribution in [2.45, 2.75) is 58.1 Å². The second-order valence-corrected chi connectivity index (χ2v) is 4.94. The fourth-order valence-electron chi connectivity index (χ4n) is 2.52. The number of ether oxygens (including phenoxy) is 1. The molecule has 0 aliphatic carbocycles. The van der Waals surface area contributed by atoms with Gasteiger partial charge in [-0.1, -0.05) is 26.7 Å². The lowest BCUT2D eigenvalue weighted by atomic mass is 9.87. The molecule has 4 heteroatoms. The number of carbonyl (C=O) groups is 1. The summed E-state index contributed by atoms with van der Waals surface area (Å²) in [6, 6.07) is -0.169. The molecule has 0 spiro atoms. The van der Waals surface area contributed by atoms with Crippen LogP contribution in [0.25, 0.3) is 0 Å². The number of likely N-dealkylation sites (tertiary alicyclic amines) is 1. The van der Waals surface area contributed by atoms with Crippen molar-refractivity contribution in [1.29, 1.82) is 0 Å². The first-order valence-electron chi connectivity index (χ1n) is 6.69. The maximum Gasteiger partial charge on any atom is 0.323 e. The quantitative estimate of drug-likeness (QED) is 0.689. The number of carbonyl (C=O) groups excluding carboxylic acids is 1. The Bertz CT molecular complexity index is 249. The van der Waals surface area contributed by atoms with Gasteiger partial charge in [-0.15, -0.1) is 0 Å². The van der Waals surface area contributed by atoms with Crippen molar-refractivity contribution in [2.24, 2.45) is 0 Å². The van der Waals surface area contributed by atoms with Gasteiger partial charge in [-0.05, 0) is 19.8 Å². The standard InChI is InChI=1S/C13H25NO3/c1-4-7-11(12(15)17-6-3)14-9-13(16,10-14)8-5-2/h11,16H,4-10H2,1-3H3. The van der Waals surface area contributed by atoms with Gasteiger partial charge in [0.2, 0.25) is 0 Å². The molecule has 1 heterocycles. The molecule has 0 amide bonds. The first kappa shape index (κ1) is 14.5. The van der Waals surface area contributed by atoms with E-state index in [1.54, 1.807) is 0 Å². The second-order valence-electron chi connectivity index (χ2n) is 4.94. The van der Waals surface area contributed by atoms with E-state index in [0.717, 1.165) is 25.7 Å². The first-order valence-corrected chi connectivity index (χ1v) is 6.69. The fourth-order valence-corrected chi connectivity index (χ4v) is 2.52. The highest BCUT2D eigenvalue weighted by atomic mass is 16.5. The van der Waals surface area contributed by atoms with Crippen molar-refractivity contribution in [3.63, 3.8) is 0 Å². The van der Waals surface area contributed by atoms with Crippen molar-refractivity contribution in [1.82, 2.24) is 4.90 Å². The molecule has 1 fully saturated rings. The predicted octanol–water partition coefficient (Wildman–Crippen LogP) is 1.56. The van der Waals surface area contributed by atoms with Gasteiger partial charge in [0.15, 0.2) is 0 Å². The smallest absolute Gasteiger partial charge is 0.323 e. The van der Waals surface area contributed by atoms with Gasteiger partial charge in [0, 0.05) is 13.1 Å². The number of hydrogen-bond donors (Lipinski definition) is 1. The van der Waals surface area contributed by atoms with Gasteiger partial charge in [0.25, 0.3) is 0 Å². The molecule has 0 aromatic rings. The third-order valence-corrected chi connectivity index (χ3v) is 3.27. The van der Waals surface area contributed by atoms with Crippen LogP contribution in [0.4, 0.5) is 0 Å². The molecule has 0 bridgehead atoms. The maximum absolute atomic E-state index is 11.8. The Kier molecular flexibility index (Phi) is 5.40. The molecule has 1 unspecified atom stereocenters. The van der Waals surface area contributed by atoms with Crippen LogP contribution in [0.2, 0.25) is 0 Å². The van der Waals surface area contributed by atoms with Gasteiger partial charge >= 0.3 is 5.97 Å². The topological polar surface area (TPSA) is 49.8 Å². The van der Waals surface area contributed by atoms with E-state index >= 15 is 0 Å². The fraction of sp³-hybridized carbons (Fsp3) is 0.923. The third kappa shape index (κ3) is 3.68. The van der Waals surface area contributed by atoms with Crippen LogP contribution in [0, 0.1) is 0 Å². The Morgan fingerprint density at radius 3 is 2.47 bits per heavy atom. The monoisotopic (exact) mass is 243 g/mol. The minimum Gasteiger partial charge on any atom is -0.465 e. The van der Waals surface area contributed by atoms with Crippen LogP contribution in [0.3, 0.4) is 0 Å². The van der Waals surface area contributed by atoms with Crippen molar-refractivity contribution in [2.75, 3.05) is 19.7 Å². The molecule has 1 aliphatic heterocycles. The molecule has 4 nitrogen and oxygen atoms in total. The van der Waals surface area contributed by atoms with E-state index in [2.05, 4.69) is 13.8 Å². The summed E-state index contributed by atoms with van der Waals surface area (Å²) in [6.45, 7) is 7.57. The maximum atomic E-state index is 11.8. The Morgan fingerprint density at radius 1 is 1.35 bits per heavy atom. The number of nitrogens with zero attached hydrogens (tertiary/aromatic N) is 1. The minimum absolute atomic E-state index is 0.145. The Morgan fingerprint density at radius 2 is 2.00 bits per heavy atom. The molecular weight excluding hydrogens is 218 g/mol. The molecule has 1 aliphatic rings. The average molecular weight is 243 g/mol. The Labute approximate surface area is 104 Å². The summed E-state index contributed by atoms with van der Waals surface area (Å²) in [5, 5.41) is 10.1. The van der Waals surface area contributed by atoms with Crippen LogP contribution in [0.15, 0.2) is 0 Å². The number of rotatable bonds is 7. The lowest BCUT2D eigenvalue weighted by Gasteiger charge is -2.49. The molecule has 1 rings (SSSR count). The number of esters is 1. The lowest BCUT2D eigenvalue weighted by Crippen LogP contribution is -2.66. The SMILES string of the molecule is CCCC(C(=O)OCC)N1CC(O)(CCC)C1. The largest absolute Gasteiger partial charge is 0.465 e. The molecule has 0 aromatic heterocycles. The van der Waals surface area contributed by atoms with Gasteiger partial charge < -0.3 is 9.84 Å². The molecule has 17 heavy (non-hydrogen) atoms. The van der Waals surface area contributed by atoms with E-state index in [-0.39, 0.29) is 12.0 Å². The van der Waals surface area contributed by atoms with Crippen molar-refractivity contribution in [3.05, 3.63) is 0 Å². The number of aliphatic hydroxyl groups is 1. The van der Waals surface area contributed by atoms with Gasteiger partial charge in [0.05, 0.1) is 12.2 Å². The number of hydrogen-bond acceptors (Lipinski definition) is 4. The molecule has 0 saturated carbocycles. The summed E-state index contributed by atoms with van der Waals surface area (Å²) in [5.41, 5.74) is -0.576. The third-order valence-electron chi connectivity index (χ3n) is 3.27. The van der Waals surface area contributed by atoms with E-state index in [1.165, 1.54) is 0 Å². The van der Waals surface area contributed by atoms with Gasteiger partial charge in [-0.25, -0.2) is 0 Å². The normalized spacial score (nSPS) is 20.7. The number of β-amino-alcohol motifs (C(OH)–C–C–N with tert-alkyl or cyclic N) is 1. The van der Waals surface area contributed by atoms with Crippen LogP contribution in [-0.2, 0) is 9.53 Å².